The first-order valence-electron chi connectivity index (χ1n) is 10.5. The Morgan fingerprint density at radius 3 is 2.68 bits per heavy atom. The van der Waals surface area contributed by atoms with Gasteiger partial charge in [-0.1, -0.05) is 23.9 Å². The number of aromatic nitrogens is 6. The summed E-state index contributed by atoms with van der Waals surface area (Å²) in [7, 11) is 3.52. The predicted octanol–water partition coefficient (Wildman–Crippen LogP) is 2.39. The number of nitrogens with zero attached hydrogens (tertiary/aromatic N) is 5. The van der Waals surface area contributed by atoms with Crippen molar-refractivity contribution >= 4 is 34.3 Å². The summed E-state index contributed by atoms with van der Waals surface area (Å²) in [5.74, 6) is 1.86. The molecule has 0 aliphatic carbocycles. The number of amides is 1. The summed E-state index contributed by atoms with van der Waals surface area (Å²) in [6, 6.07) is 16.5. The van der Waals surface area contributed by atoms with Crippen molar-refractivity contribution in [2.24, 2.45) is 7.05 Å². The summed E-state index contributed by atoms with van der Waals surface area (Å²) in [5.41, 5.74) is 2.79. The molecular weight excluding hydrogens is 454 g/mol. The van der Waals surface area contributed by atoms with Crippen molar-refractivity contribution in [3.63, 3.8) is 0 Å². The number of aryl methyl sites for hydroxylation is 1. The molecule has 0 saturated carbocycles. The Bertz CT molecular complexity index is 1550. The Balaban J connectivity index is 1.32. The van der Waals surface area contributed by atoms with Crippen molar-refractivity contribution in [3.05, 3.63) is 70.8 Å². The number of ether oxygens (including phenoxy) is 1. The number of benzene rings is 2. The molecule has 0 unspecified atom stereocenters. The van der Waals surface area contributed by atoms with E-state index in [4.69, 9.17) is 4.74 Å². The van der Waals surface area contributed by atoms with Gasteiger partial charge in [0.1, 0.15) is 11.6 Å². The van der Waals surface area contributed by atoms with E-state index in [2.05, 4.69) is 25.4 Å². The van der Waals surface area contributed by atoms with E-state index >= 15 is 0 Å². The first kappa shape index (κ1) is 21.7. The Morgan fingerprint density at radius 2 is 1.91 bits per heavy atom. The summed E-state index contributed by atoms with van der Waals surface area (Å²) < 4.78 is 8.65. The lowest BCUT2D eigenvalue weighted by atomic mass is 10.2. The lowest BCUT2D eigenvalue weighted by molar-refractivity contribution is -0.118. The molecule has 34 heavy (non-hydrogen) atoms. The molecule has 0 fully saturated rings. The molecule has 2 N–H and O–H groups in total. The molecular formula is C23H21N7O3S. The third-order valence-corrected chi connectivity index (χ3v) is 6.27. The van der Waals surface area contributed by atoms with E-state index in [9.17, 15) is 9.59 Å². The summed E-state index contributed by atoms with van der Waals surface area (Å²) in [5, 5.41) is 6.03. The largest absolute Gasteiger partial charge is 0.497 e. The molecule has 1 amide bonds. The van der Waals surface area contributed by atoms with Crippen LogP contribution < -0.4 is 15.6 Å². The maximum absolute atomic E-state index is 12.6. The fraction of sp³-hybridized carbons (Fsp3) is 0.174. The van der Waals surface area contributed by atoms with Crippen LogP contribution in [0.2, 0.25) is 0 Å². The monoisotopic (exact) mass is 475 g/mol. The third kappa shape index (κ3) is 4.25. The van der Waals surface area contributed by atoms with Crippen molar-refractivity contribution in [1.29, 1.82) is 0 Å². The number of carbonyl (C=O) groups excluding carboxylic acids is 1. The average molecular weight is 476 g/mol. The molecule has 3 heterocycles. The van der Waals surface area contributed by atoms with Crippen LogP contribution in [0.4, 0.5) is 0 Å². The van der Waals surface area contributed by atoms with Crippen molar-refractivity contribution in [2.45, 2.75) is 11.7 Å². The minimum absolute atomic E-state index is 0.109. The topological polar surface area (TPSA) is 119 Å². The highest BCUT2D eigenvalue weighted by Gasteiger charge is 2.14. The summed E-state index contributed by atoms with van der Waals surface area (Å²) in [6.45, 7) is 0.307. The molecule has 0 aliphatic rings. The standard InChI is InChI=1S/C23H21N7O3S/c1-29-17-6-4-3-5-16(17)25-19(29)12-24-21(32)13-34-23-27-22(14-7-9-15(33-2)10-8-14)26-18-11-20(31)28-30(18)23/h3-11H,12-13H2,1-2H3,(H,24,32)(H,28,31). The second-order valence-electron chi connectivity index (χ2n) is 7.51. The quantitative estimate of drug-likeness (QED) is 0.347. The number of thioether (sulfide) groups is 1. The number of H-pyrrole nitrogens is 1. The van der Waals surface area contributed by atoms with Gasteiger partial charge in [0.05, 0.1) is 30.4 Å². The molecule has 0 bridgehead atoms. The molecule has 0 atom stereocenters. The van der Waals surface area contributed by atoms with Gasteiger partial charge in [-0.25, -0.2) is 19.5 Å². The molecule has 2 aromatic carbocycles. The van der Waals surface area contributed by atoms with E-state index in [0.29, 0.717) is 23.2 Å². The third-order valence-electron chi connectivity index (χ3n) is 5.33. The highest BCUT2D eigenvalue weighted by Crippen LogP contribution is 2.23. The number of rotatable bonds is 7. The van der Waals surface area contributed by atoms with Gasteiger partial charge in [-0.15, -0.1) is 0 Å². The number of methoxy groups -OCH3 is 1. The smallest absolute Gasteiger partial charge is 0.266 e. The van der Waals surface area contributed by atoms with Gasteiger partial charge in [0.2, 0.25) is 5.91 Å². The summed E-state index contributed by atoms with van der Waals surface area (Å²) in [4.78, 5) is 38.1. The van der Waals surface area contributed by atoms with E-state index in [1.807, 2.05) is 60.1 Å². The molecule has 0 aliphatic heterocycles. The van der Waals surface area contributed by atoms with Gasteiger partial charge in [0.15, 0.2) is 16.6 Å². The van der Waals surface area contributed by atoms with E-state index in [0.717, 1.165) is 28.2 Å². The van der Waals surface area contributed by atoms with Crippen LogP contribution >= 0.6 is 11.8 Å². The minimum Gasteiger partial charge on any atom is -0.497 e. The lowest BCUT2D eigenvalue weighted by Gasteiger charge is -2.09. The molecule has 172 valence electrons. The van der Waals surface area contributed by atoms with Gasteiger partial charge in [-0.2, -0.15) is 0 Å². The zero-order valence-electron chi connectivity index (χ0n) is 18.5. The second kappa shape index (κ2) is 9.02. The molecule has 11 heteroatoms. The normalized spacial score (nSPS) is 11.2. The van der Waals surface area contributed by atoms with Gasteiger partial charge in [0, 0.05) is 18.7 Å². The van der Waals surface area contributed by atoms with Gasteiger partial charge >= 0.3 is 0 Å². The first-order valence-corrected chi connectivity index (χ1v) is 11.4. The number of aromatic amines is 1. The van der Waals surface area contributed by atoms with Crippen LogP contribution in [-0.2, 0) is 18.4 Å². The molecule has 5 rings (SSSR count). The summed E-state index contributed by atoms with van der Waals surface area (Å²) in [6.07, 6.45) is 0. The van der Waals surface area contributed by atoms with E-state index < -0.39 is 0 Å². The maximum atomic E-state index is 12.6. The minimum atomic E-state index is -0.297. The van der Waals surface area contributed by atoms with Crippen molar-refractivity contribution in [2.75, 3.05) is 12.9 Å². The number of para-hydroxylation sites is 2. The van der Waals surface area contributed by atoms with E-state index in [1.54, 1.807) is 7.11 Å². The van der Waals surface area contributed by atoms with Crippen molar-refractivity contribution in [1.82, 2.24) is 34.4 Å². The van der Waals surface area contributed by atoms with E-state index in [-0.39, 0.29) is 17.2 Å². The highest BCUT2D eigenvalue weighted by atomic mass is 32.2. The Morgan fingerprint density at radius 1 is 1.12 bits per heavy atom. The van der Waals surface area contributed by atoms with Gasteiger partial charge in [-0.3, -0.25) is 14.7 Å². The van der Waals surface area contributed by atoms with Gasteiger partial charge < -0.3 is 14.6 Å². The fourth-order valence-corrected chi connectivity index (χ4v) is 4.34. The van der Waals surface area contributed by atoms with E-state index in [1.165, 1.54) is 22.3 Å². The number of hydrogen-bond donors (Lipinski definition) is 2. The molecule has 0 radical (unpaired) electrons. The van der Waals surface area contributed by atoms with Crippen molar-refractivity contribution in [3.8, 4) is 17.1 Å². The Kier molecular flexibility index (Phi) is 5.76. The molecule has 10 nitrogen and oxygen atoms in total. The van der Waals surface area contributed by atoms with Gasteiger partial charge in [-0.05, 0) is 36.4 Å². The van der Waals surface area contributed by atoms with Crippen LogP contribution in [-0.4, -0.2) is 47.9 Å². The fourth-order valence-electron chi connectivity index (χ4n) is 3.56. The summed E-state index contributed by atoms with van der Waals surface area (Å²) >= 11 is 1.21. The van der Waals surface area contributed by atoms with Crippen LogP contribution in [0.15, 0.2) is 64.5 Å². The Hall–Kier alpha value is -4.12. The van der Waals surface area contributed by atoms with Crippen molar-refractivity contribution < 1.29 is 9.53 Å². The number of hydrogen-bond acceptors (Lipinski definition) is 7. The van der Waals surface area contributed by atoms with Crippen LogP contribution in [0, 0.1) is 0 Å². The van der Waals surface area contributed by atoms with Crippen LogP contribution in [0.1, 0.15) is 5.82 Å². The number of fused-ring (bicyclic) bond motifs is 2. The first-order chi connectivity index (χ1) is 16.5. The molecule has 0 saturated heterocycles. The van der Waals surface area contributed by atoms with Crippen LogP contribution in [0.25, 0.3) is 28.1 Å². The zero-order chi connectivity index (χ0) is 23.7. The van der Waals surface area contributed by atoms with Crippen LogP contribution in [0.5, 0.6) is 5.75 Å². The second-order valence-corrected chi connectivity index (χ2v) is 8.46. The number of nitrogens with one attached hydrogen (secondary N) is 2. The number of imidazole rings is 1. The Labute approximate surface area is 198 Å². The zero-order valence-corrected chi connectivity index (χ0v) is 19.3. The van der Waals surface area contributed by atoms with Gasteiger partial charge in [0.25, 0.3) is 5.56 Å². The highest BCUT2D eigenvalue weighted by molar-refractivity contribution is 7.99. The SMILES string of the molecule is COc1ccc(-c2nc(SCC(=O)NCc3nc4ccccc4n3C)n3[nH]c(=O)cc3n2)cc1. The maximum Gasteiger partial charge on any atom is 0.266 e. The molecule has 3 aromatic heterocycles. The lowest BCUT2D eigenvalue weighted by Crippen LogP contribution is -2.26. The number of carbonyl (C=O) groups is 1. The molecule has 5 aromatic rings. The van der Waals surface area contributed by atoms with Crippen LogP contribution in [0.3, 0.4) is 0 Å². The predicted molar refractivity (Wildman–Crippen MR) is 129 cm³/mol. The molecule has 0 spiro atoms. The average Bonchev–Trinajstić information content (AvgIpc) is 3.40.